The smallest absolute Gasteiger partial charge is 0.411 e. The van der Waals surface area contributed by atoms with Gasteiger partial charge in [-0.25, -0.2) is 23.5 Å². The SMILES string of the molecule is C[C@H]1C[C@@H](Oc2ccnc(COc3ccc(F)cc3F)n2)CCN1Cc1nc2ccc(C(=O)O)cc2n1CCOCC(F)(F)F. The number of halogens is 5. The molecule has 0 saturated carbocycles. The van der Waals surface area contributed by atoms with E-state index in [4.69, 9.17) is 14.2 Å². The molecule has 1 aliphatic heterocycles. The monoisotopic (exact) mass is 635 g/mol. The molecular formula is C30H30F5N5O5. The van der Waals surface area contributed by atoms with E-state index in [9.17, 15) is 31.9 Å². The first kappa shape index (κ1) is 32.0. The van der Waals surface area contributed by atoms with Gasteiger partial charge >= 0.3 is 12.1 Å². The molecule has 4 aromatic rings. The molecule has 3 heterocycles. The van der Waals surface area contributed by atoms with E-state index in [1.807, 2.05) is 6.92 Å². The maximum absolute atomic E-state index is 13.9. The zero-order chi connectivity index (χ0) is 32.1. The minimum atomic E-state index is -4.46. The highest BCUT2D eigenvalue weighted by atomic mass is 19.4. The van der Waals surface area contributed by atoms with Crippen LogP contribution in [0, 0.1) is 11.6 Å². The van der Waals surface area contributed by atoms with Crippen LogP contribution in [0.2, 0.25) is 0 Å². The molecule has 10 nitrogen and oxygen atoms in total. The fraction of sp³-hybridized carbons (Fsp3) is 0.400. The number of hydrogen-bond acceptors (Lipinski definition) is 8. The van der Waals surface area contributed by atoms with Crippen molar-refractivity contribution in [2.45, 2.75) is 57.8 Å². The number of carbonyl (C=O) groups is 1. The molecule has 0 bridgehead atoms. The summed E-state index contributed by atoms with van der Waals surface area (Å²) in [6, 6.07) is 9.10. The summed E-state index contributed by atoms with van der Waals surface area (Å²) in [5, 5.41) is 9.44. The van der Waals surface area contributed by atoms with Crippen molar-refractivity contribution in [3.8, 4) is 11.6 Å². The number of ether oxygens (including phenoxy) is 3. The fourth-order valence-electron chi connectivity index (χ4n) is 5.14. The predicted molar refractivity (Wildman–Crippen MR) is 150 cm³/mol. The second kappa shape index (κ2) is 13.7. The first-order valence-corrected chi connectivity index (χ1v) is 14.1. The Kier molecular flexibility index (Phi) is 9.77. The average molecular weight is 636 g/mol. The van der Waals surface area contributed by atoms with Gasteiger partial charge in [0.15, 0.2) is 17.4 Å². The van der Waals surface area contributed by atoms with Crippen LogP contribution in [-0.4, -0.2) is 73.6 Å². The van der Waals surface area contributed by atoms with E-state index in [1.165, 1.54) is 24.4 Å². The van der Waals surface area contributed by atoms with Crippen molar-refractivity contribution in [2.75, 3.05) is 19.8 Å². The Morgan fingerprint density at radius 1 is 1.11 bits per heavy atom. The fourth-order valence-corrected chi connectivity index (χ4v) is 5.14. The first-order chi connectivity index (χ1) is 21.4. The third-order valence-corrected chi connectivity index (χ3v) is 7.33. The van der Waals surface area contributed by atoms with Gasteiger partial charge in [0.1, 0.15) is 31.0 Å². The molecule has 1 fully saturated rings. The summed E-state index contributed by atoms with van der Waals surface area (Å²) in [6.45, 7) is 1.31. The summed E-state index contributed by atoms with van der Waals surface area (Å²) in [7, 11) is 0. The molecule has 0 aliphatic carbocycles. The number of piperidine rings is 1. The van der Waals surface area contributed by atoms with Gasteiger partial charge in [-0.15, -0.1) is 0 Å². The Morgan fingerprint density at radius 3 is 2.67 bits per heavy atom. The van der Waals surface area contributed by atoms with Gasteiger partial charge < -0.3 is 23.9 Å². The number of rotatable bonds is 12. The van der Waals surface area contributed by atoms with E-state index in [-0.39, 0.29) is 49.0 Å². The molecule has 2 aromatic heterocycles. The number of nitrogens with zero attached hydrogens (tertiary/aromatic N) is 5. The molecule has 1 aliphatic rings. The standard InChI is InChI=1S/C30H30F5N5O5/c1-18-12-21(45-28-6-8-36-26(38-28)16-44-25-5-3-20(31)14-22(25)32)7-9-39(18)15-27-37-23-4-2-19(29(41)42)13-24(23)40(27)10-11-43-17-30(33,34)35/h2-6,8,13-14,18,21H,7,9-12,15-17H2,1H3,(H,41,42)/t18-,21-/m0/s1. The van der Waals surface area contributed by atoms with Crippen LogP contribution >= 0.6 is 0 Å². The van der Waals surface area contributed by atoms with E-state index in [2.05, 4.69) is 19.9 Å². The zero-order valence-corrected chi connectivity index (χ0v) is 24.1. The van der Waals surface area contributed by atoms with Gasteiger partial charge in [0.2, 0.25) is 5.88 Å². The predicted octanol–water partition coefficient (Wildman–Crippen LogP) is 5.39. The van der Waals surface area contributed by atoms with Crippen molar-refractivity contribution in [1.82, 2.24) is 24.4 Å². The Morgan fingerprint density at radius 2 is 1.93 bits per heavy atom. The summed E-state index contributed by atoms with van der Waals surface area (Å²) < 4.78 is 82.8. The summed E-state index contributed by atoms with van der Waals surface area (Å²) in [6.07, 6.45) is -1.86. The quantitative estimate of drug-likeness (QED) is 0.162. The number of aromatic nitrogens is 4. The highest BCUT2D eigenvalue weighted by molar-refractivity contribution is 5.92. The van der Waals surface area contributed by atoms with E-state index < -0.39 is 30.4 Å². The number of aromatic carboxylic acids is 1. The number of imidazole rings is 1. The Hall–Kier alpha value is -4.37. The van der Waals surface area contributed by atoms with Crippen LogP contribution in [0.15, 0.2) is 48.7 Å². The Balaban J connectivity index is 1.21. The topological polar surface area (TPSA) is 112 Å². The van der Waals surface area contributed by atoms with E-state index in [0.717, 1.165) is 12.1 Å². The van der Waals surface area contributed by atoms with E-state index in [0.29, 0.717) is 48.7 Å². The van der Waals surface area contributed by atoms with Crippen molar-refractivity contribution >= 4 is 17.0 Å². The number of hydrogen-bond donors (Lipinski definition) is 1. The third kappa shape index (κ3) is 8.42. The summed E-state index contributed by atoms with van der Waals surface area (Å²) in [5.74, 6) is -1.65. The number of benzene rings is 2. The highest BCUT2D eigenvalue weighted by Gasteiger charge is 2.29. The minimum Gasteiger partial charge on any atom is -0.483 e. The molecule has 2 aromatic carbocycles. The van der Waals surface area contributed by atoms with Crippen LogP contribution in [0.4, 0.5) is 22.0 Å². The summed E-state index contributed by atoms with van der Waals surface area (Å²) >= 11 is 0. The summed E-state index contributed by atoms with van der Waals surface area (Å²) in [5.41, 5.74) is 1.07. The normalized spacial score (nSPS) is 17.5. The molecule has 45 heavy (non-hydrogen) atoms. The maximum atomic E-state index is 13.9. The molecule has 0 amide bonds. The molecule has 1 N–H and O–H groups in total. The lowest BCUT2D eigenvalue weighted by molar-refractivity contribution is -0.174. The molecule has 0 spiro atoms. The Bertz CT molecular complexity index is 1650. The molecule has 15 heteroatoms. The maximum Gasteiger partial charge on any atom is 0.411 e. The van der Waals surface area contributed by atoms with Gasteiger partial charge in [0, 0.05) is 37.5 Å². The molecular weight excluding hydrogens is 605 g/mol. The van der Waals surface area contributed by atoms with Crippen LogP contribution in [-0.2, 0) is 24.4 Å². The average Bonchev–Trinajstić information content (AvgIpc) is 3.32. The summed E-state index contributed by atoms with van der Waals surface area (Å²) in [4.78, 5) is 26.8. The second-order valence-corrected chi connectivity index (χ2v) is 10.6. The van der Waals surface area contributed by atoms with Gasteiger partial charge in [0.05, 0.1) is 29.7 Å². The number of likely N-dealkylation sites (tertiary alicyclic amines) is 1. The van der Waals surface area contributed by atoms with Gasteiger partial charge in [-0.3, -0.25) is 4.90 Å². The van der Waals surface area contributed by atoms with Gasteiger partial charge in [-0.1, -0.05) is 0 Å². The molecule has 0 radical (unpaired) electrons. The van der Waals surface area contributed by atoms with Crippen LogP contribution in [0.3, 0.4) is 0 Å². The van der Waals surface area contributed by atoms with Crippen molar-refractivity contribution in [3.05, 3.63) is 77.5 Å². The van der Waals surface area contributed by atoms with Crippen molar-refractivity contribution in [3.63, 3.8) is 0 Å². The highest BCUT2D eigenvalue weighted by Crippen LogP contribution is 2.26. The van der Waals surface area contributed by atoms with Gasteiger partial charge in [-0.2, -0.15) is 18.2 Å². The van der Waals surface area contributed by atoms with Gasteiger partial charge in [0.25, 0.3) is 0 Å². The van der Waals surface area contributed by atoms with E-state index in [1.54, 1.807) is 16.7 Å². The van der Waals surface area contributed by atoms with Crippen molar-refractivity contribution in [1.29, 1.82) is 0 Å². The second-order valence-electron chi connectivity index (χ2n) is 10.6. The molecule has 240 valence electrons. The Labute approximate surface area is 254 Å². The minimum absolute atomic E-state index is 0.0270. The van der Waals surface area contributed by atoms with Gasteiger partial charge in [-0.05, 0) is 50.1 Å². The number of carboxylic acids is 1. The lowest BCUT2D eigenvalue weighted by Crippen LogP contribution is -2.44. The van der Waals surface area contributed by atoms with Crippen LogP contribution < -0.4 is 9.47 Å². The first-order valence-electron chi connectivity index (χ1n) is 14.1. The van der Waals surface area contributed by atoms with Crippen molar-refractivity contribution in [2.24, 2.45) is 0 Å². The number of alkyl halides is 3. The molecule has 2 atom stereocenters. The largest absolute Gasteiger partial charge is 0.483 e. The molecule has 0 unspecified atom stereocenters. The van der Waals surface area contributed by atoms with Crippen LogP contribution in [0.5, 0.6) is 11.6 Å². The van der Waals surface area contributed by atoms with Crippen molar-refractivity contribution < 1.29 is 46.1 Å². The van der Waals surface area contributed by atoms with Crippen LogP contribution in [0.25, 0.3) is 11.0 Å². The van der Waals surface area contributed by atoms with Crippen LogP contribution in [0.1, 0.15) is 41.8 Å². The zero-order valence-electron chi connectivity index (χ0n) is 24.1. The lowest BCUT2D eigenvalue weighted by atomic mass is 10.0. The third-order valence-electron chi connectivity index (χ3n) is 7.33. The molecule has 1 saturated heterocycles. The van der Waals surface area contributed by atoms with E-state index >= 15 is 0 Å². The number of fused-ring (bicyclic) bond motifs is 1. The molecule has 5 rings (SSSR count). The lowest BCUT2D eigenvalue weighted by Gasteiger charge is -2.37. The number of carboxylic acid groups (broad SMARTS) is 1.